The van der Waals surface area contributed by atoms with Crippen LogP contribution in [-0.2, 0) is 47.6 Å². The van der Waals surface area contributed by atoms with E-state index in [4.69, 9.17) is 28.4 Å². The summed E-state index contributed by atoms with van der Waals surface area (Å²) < 4.78 is 32.5. The Labute approximate surface area is 235 Å². The first kappa shape index (κ1) is 33.5. The number of rotatable bonds is 13. The van der Waals surface area contributed by atoms with Crippen molar-refractivity contribution in [2.24, 2.45) is 23.7 Å². The van der Waals surface area contributed by atoms with E-state index in [2.05, 4.69) is 0 Å². The standard InChI is InChI=1S/C28H44O12/c1-15(2)9-21(30)39-23(17(5)6)25(32)36-12-19-13-37-26(40-22(31)10-16(3)4)24-27(19,33)11-20(38-18(7)29)28(24,34)14-35-8/h13,15-17,20,23-24,26,33-34H,9-12,14H2,1-8H3/t20?,23?,24?,26?,27?,28-/m1/s1. The molecule has 40 heavy (non-hydrogen) atoms. The minimum Gasteiger partial charge on any atom is -0.462 e. The number of esters is 4. The van der Waals surface area contributed by atoms with Gasteiger partial charge >= 0.3 is 23.9 Å². The maximum Gasteiger partial charge on any atom is 0.348 e. The second kappa shape index (κ2) is 13.8. The fourth-order valence-electron chi connectivity index (χ4n) is 5.06. The average Bonchev–Trinajstić information content (AvgIpc) is 3.02. The molecule has 0 spiro atoms. The highest BCUT2D eigenvalue weighted by atomic mass is 16.7. The zero-order valence-electron chi connectivity index (χ0n) is 24.6. The summed E-state index contributed by atoms with van der Waals surface area (Å²) in [5.41, 5.74) is -3.99. The van der Waals surface area contributed by atoms with Crippen molar-refractivity contribution in [2.45, 2.75) is 97.4 Å². The summed E-state index contributed by atoms with van der Waals surface area (Å²) in [5, 5.41) is 23.7. The molecule has 1 aliphatic heterocycles. The molecule has 1 heterocycles. The zero-order valence-corrected chi connectivity index (χ0v) is 24.6. The van der Waals surface area contributed by atoms with E-state index < -0.39 is 78.6 Å². The molecule has 0 saturated heterocycles. The highest BCUT2D eigenvalue weighted by Crippen LogP contribution is 2.53. The Morgan fingerprint density at radius 2 is 1.60 bits per heavy atom. The molecule has 1 aliphatic carbocycles. The van der Waals surface area contributed by atoms with Gasteiger partial charge in [0.25, 0.3) is 6.29 Å². The van der Waals surface area contributed by atoms with Crippen LogP contribution < -0.4 is 0 Å². The quantitative estimate of drug-likeness (QED) is 0.244. The lowest BCUT2D eigenvalue weighted by atomic mass is 9.77. The fraction of sp³-hybridized carbons (Fsp3) is 0.786. The molecule has 12 nitrogen and oxygen atoms in total. The summed E-state index contributed by atoms with van der Waals surface area (Å²) in [6.45, 7) is 11.0. The van der Waals surface area contributed by atoms with Crippen LogP contribution in [0.15, 0.2) is 11.8 Å². The molecule has 0 bridgehead atoms. The number of fused-ring (bicyclic) bond motifs is 1. The Hall–Kier alpha value is -2.70. The van der Waals surface area contributed by atoms with E-state index in [1.54, 1.807) is 13.8 Å². The van der Waals surface area contributed by atoms with Crippen molar-refractivity contribution < 1.29 is 57.8 Å². The van der Waals surface area contributed by atoms with Crippen LogP contribution >= 0.6 is 0 Å². The Kier molecular flexibility index (Phi) is 11.5. The third-order valence-corrected chi connectivity index (χ3v) is 6.83. The van der Waals surface area contributed by atoms with E-state index in [0.29, 0.717) is 0 Å². The largest absolute Gasteiger partial charge is 0.462 e. The first-order valence-corrected chi connectivity index (χ1v) is 13.6. The number of carbonyl (C=O) groups excluding carboxylic acids is 4. The van der Waals surface area contributed by atoms with Crippen LogP contribution in [0.25, 0.3) is 0 Å². The van der Waals surface area contributed by atoms with Crippen molar-refractivity contribution in [3.63, 3.8) is 0 Å². The van der Waals surface area contributed by atoms with Crippen molar-refractivity contribution in [1.29, 1.82) is 0 Å². The van der Waals surface area contributed by atoms with E-state index >= 15 is 0 Å². The van der Waals surface area contributed by atoms with Gasteiger partial charge in [-0.2, -0.15) is 0 Å². The van der Waals surface area contributed by atoms with Crippen LogP contribution in [0.4, 0.5) is 0 Å². The van der Waals surface area contributed by atoms with Crippen LogP contribution in [0, 0.1) is 23.7 Å². The molecule has 6 atom stereocenters. The second-order valence-electron chi connectivity index (χ2n) is 11.7. The normalized spacial score (nSPS) is 28.4. The molecule has 2 N–H and O–H groups in total. The van der Waals surface area contributed by atoms with E-state index in [1.807, 2.05) is 27.7 Å². The number of hydrogen-bond donors (Lipinski definition) is 2. The average molecular weight is 573 g/mol. The van der Waals surface area contributed by atoms with Crippen molar-refractivity contribution >= 4 is 23.9 Å². The van der Waals surface area contributed by atoms with Gasteiger partial charge in [0.05, 0.1) is 12.9 Å². The molecule has 1 saturated carbocycles. The number of aliphatic hydroxyl groups is 2. The Bertz CT molecular complexity index is 957. The zero-order chi connectivity index (χ0) is 30.4. The lowest BCUT2D eigenvalue weighted by Crippen LogP contribution is -2.59. The molecular formula is C28H44O12. The second-order valence-corrected chi connectivity index (χ2v) is 11.7. The van der Waals surface area contributed by atoms with Crippen molar-refractivity contribution in [1.82, 2.24) is 0 Å². The summed E-state index contributed by atoms with van der Waals surface area (Å²) >= 11 is 0. The van der Waals surface area contributed by atoms with Crippen LogP contribution in [0.3, 0.4) is 0 Å². The van der Waals surface area contributed by atoms with E-state index in [9.17, 15) is 29.4 Å². The monoisotopic (exact) mass is 572 g/mol. The maximum absolute atomic E-state index is 12.9. The third-order valence-electron chi connectivity index (χ3n) is 6.83. The molecular weight excluding hydrogens is 528 g/mol. The number of ether oxygens (including phenoxy) is 6. The van der Waals surface area contributed by atoms with Crippen molar-refractivity contribution in [3.05, 3.63) is 11.8 Å². The minimum atomic E-state index is -2.03. The molecule has 1 fully saturated rings. The maximum atomic E-state index is 12.9. The van der Waals surface area contributed by atoms with Gasteiger partial charge in [-0.15, -0.1) is 0 Å². The predicted molar refractivity (Wildman–Crippen MR) is 139 cm³/mol. The molecule has 2 aliphatic rings. The Balaban J connectivity index is 2.37. The van der Waals surface area contributed by atoms with Gasteiger partial charge in [0.1, 0.15) is 29.8 Å². The van der Waals surface area contributed by atoms with E-state index in [0.717, 1.165) is 13.2 Å². The molecule has 0 amide bonds. The topological polar surface area (TPSA) is 164 Å². The highest BCUT2D eigenvalue weighted by Gasteiger charge is 2.70. The highest BCUT2D eigenvalue weighted by molar-refractivity contribution is 5.80. The Morgan fingerprint density at radius 1 is 1.00 bits per heavy atom. The van der Waals surface area contributed by atoms with Crippen LogP contribution in [0.1, 0.15) is 67.7 Å². The van der Waals surface area contributed by atoms with Crippen molar-refractivity contribution in [2.75, 3.05) is 20.3 Å². The van der Waals surface area contributed by atoms with Gasteiger partial charge in [-0.25, -0.2) is 4.79 Å². The lowest BCUT2D eigenvalue weighted by Gasteiger charge is -2.44. The lowest BCUT2D eigenvalue weighted by molar-refractivity contribution is -0.240. The van der Waals surface area contributed by atoms with Crippen molar-refractivity contribution in [3.8, 4) is 0 Å². The molecule has 228 valence electrons. The van der Waals surface area contributed by atoms with Gasteiger partial charge in [0.2, 0.25) is 6.10 Å². The van der Waals surface area contributed by atoms with Gasteiger partial charge < -0.3 is 38.6 Å². The third kappa shape index (κ3) is 7.94. The summed E-state index contributed by atoms with van der Waals surface area (Å²) in [7, 11) is 1.31. The number of hydrogen-bond acceptors (Lipinski definition) is 12. The summed E-state index contributed by atoms with van der Waals surface area (Å²) in [6, 6.07) is 0. The van der Waals surface area contributed by atoms with Gasteiger partial charge in [-0.1, -0.05) is 41.5 Å². The smallest absolute Gasteiger partial charge is 0.348 e. The summed E-state index contributed by atoms with van der Waals surface area (Å²) in [4.78, 5) is 49.5. The molecule has 0 aromatic rings. The van der Waals surface area contributed by atoms with Gasteiger partial charge in [-0.3, -0.25) is 14.4 Å². The molecule has 0 aromatic heterocycles. The minimum absolute atomic E-state index is 0.0285. The first-order valence-electron chi connectivity index (χ1n) is 13.6. The van der Waals surface area contributed by atoms with Gasteiger partial charge in [0.15, 0.2) is 0 Å². The van der Waals surface area contributed by atoms with E-state index in [-0.39, 0.29) is 36.7 Å². The summed E-state index contributed by atoms with van der Waals surface area (Å²) in [5.74, 6) is -4.47. The fourth-order valence-corrected chi connectivity index (χ4v) is 5.06. The van der Waals surface area contributed by atoms with Crippen LogP contribution in [0.2, 0.25) is 0 Å². The number of methoxy groups -OCH3 is 1. The molecule has 0 aromatic carbocycles. The molecule has 2 rings (SSSR count). The molecule has 0 radical (unpaired) electrons. The van der Waals surface area contributed by atoms with E-state index in [1.165, 1.54) is 7.11 Å². The van der Waals surface area contributed by atoms with Gasteiger partial charge in [-0.05, 0) is 11.8 Å². The van der Waals surface area contributed by atoms with Gasteiger partial charge in [0, 0.05) is 44.8 Å². The predicted octanol–water partition coefficient (Wildman–Crippen LogP) is 2.03. The first-order chi connectivity index (χ1) is 18.5. The van der Waals surface area contributed by atoms with Crippen LogP contribution in [-0.4, -0.2) is 84.1 Å². The number of carbonyl (C=O) groups is 4. The SMILES string of the molecule is COC[C@@]1(O)C(OC(C)=O)CC2(O)C(COC(=O)C(OC(=O)CC(C)C)C(C)C)=COC(OC(=O)CC(C)C)C21. The van der Waals surface area contributed by atoms with Crippen LogP contribution in [0.5, 0.6) is 0 Å². The molecule has 12 heteroatoms. The summed E-state index contributed by atoms with van der Waals surface area (Å²) in [6.07, 6.45) is -2.95. The Morgan fingerprint density at radius 3 is 2.12 bits per heavy atom. The molecule has 5 unspecified atom stereocenters.